The lowest BCUT2D eigenvalue weighted by molar-refractivity contribution is 0.629. The van der Waals surface area contributed by atoms with Crippen LogP contribution in [-0.2, 0) is 0 Å². The van der Waals surface area contributed by atoms with E-state index in [2.05, 4.69) is 4.98 Å². The highest BCUT2D eigenvalue weighted by Crippen LogP contribution is 2.24. The van der Waals surface area contributed by atoms with Gasteiger partial charge in [-0.1, -0.05) is 18.2 Å². The summed E-state index contributed by atoms with van der Waals surface area (Å²) in [6.07, 6.45) is 0. The van der Waals surface area contributed by atoms with Gasteiger partial charge in [-0.3, -0.25) is 4.57 Å². The third kappa shape index (κ3) is 2.00. The minimum atomic E-state index is -0.277. The van der Waals surface area contributed by atoms with Gasteiger partial charge in [-0.05, 0) is 31.2 Å². The first-order chi connectivity index (χ1) is 9.16. The Hall–Kier alpha value is -2.20. The van der Waals surface area contributed by atoms with Crippen molar-refractivity contribution in [3.63, 3.8) is 0 Å². The average Bonchev–Trinajstić information content (AvgIpc) is 2.78. The number of para-hydroxylation sites is 1. The van der Waals surface area contributed by atoms with E-state index in [0.717, 1.165) is 22.5 Å². The Morgan fingerprint density at radius 1 is 1.16 bits per heavy atom. The zero-order valence-corrected chi connectivity index (χ0v) is 10.5. The Bertz CT molecular complexity index is 717. The van der Waals surface area contributed by atoms with Crippen LogP contribution in [0.5, 0.6) is 0 Å². The highest BCUT2D eigenvalue weighted by molar-refractivity contribution is 5.78. The molecule has 0 unspecified atom stereocenters. The first-order valence-electron chi connectivity index (χ1n) is 6.16. The van der Waals surface area contributed by atoms with E-state index in [1.165, 1.54) is 12.1 Å². The van der Waals surface area contributed by atoms with E-state index in [9.17, 15) is 4.39 Å². The molecule has 0 saturated carbocycles. The lowest BCUT2D eigenvalue weighted by Crippen LogP contribution is -2.12. The molecule has 4 heteroatoms. The molecule has 0 aliphatic carbocycles. The monoisotopic (exact) mass is 255 g/mol. The van der Waals surface area contributed by atoms with Crippen LogP contribution in [0.25, 0.3) is 16.7 Å². The van der Waals surface area contributed by atoms with Gasteiger partial charge >= 0.3 is 0 Å². The first-order valence-corrected chi connectivity index (χ1v) is 6.16. The number of hydrogen-bond acceptors (Lipinski definition) is 2. The SMILES string of the molecule is C[C@@H](N)c1nc2ccc(F)cc2n1-c1ccccc1. The van der Waals surface area contributed by atoms with Crippen LogP contribution in [0.2, 0.25) is 0 Å². The van der Waals surface area contributed by atoms with E-state index in [0.29, 0.717) is 0 Å². The highest BCUT2D eigenvalue weighted by Gasteiger charge is 2.15. The van der Waals surface area contributed by atoms with Crippen LogP contribution < -0.4 is 5.73 Å². The Labute approximate surface area is 110 Å². The molecule has 1 aromatic heterocycles. The van der Waals surface area contributed by atoms with Gasteiger partial charge in [-0.15, -0.1) is 0 Å². The van der Waals surface area contributed by atoms with E-state index in [4.69, 9.17) is 5.73 Å². The maximum atomic E-state index is 13.5. The third-order valence-electron chi connectivity index (χ3n) is 3.06. The molecular formula is C15H14FN3. The lowest BCUT2D eigenvalue weighted by atomic mass is 10.2. The van der Waals surface area contributed by atoms with Gasteiger partial charge in [-0.25, -0.2) is 9.37 Å². The van der Waals surface area contributed by atoms with Gasteiger partial charge in [0.05, 0.1) is 17.1 Å². The maximum absolute atomic E-state index is 13.5. The number of aromatic nitrogens is 2. The van der Waals surface area contributed by atoms with Crippen molar-refractivity contribution in [2.24, 2.45) is 5.73 Å². The summed E-state index contributed by atoms with van der Waals surface area (Å²) >= 11 is 0. The molecule has 3 nitrogen and oxygen atoms in total. The molecule has 0 bridgehead atoms. The van der Waals surface area contributed by atoms with Crippen LogP contribution in [-0.4, -0.2) is 9.55 Å². The largest absolute Gasteiger partial charge is 0.322 e. The number of benzene rings is 2. The second kappa shape index (κ2) is 4.48. The van der Waals surface area contributed by atoms with Crippen molar-refractivity contribution in [1.82, 2.24) is 9.55 Å². The summed E-state index contributed by atoms with van der Waals surface area (Å²) in [5.74, 6) is 0.451. The topological polar surface area (TPSA) is 43.8 Å². The molecule has 3 aromatic rings. The van der Waals surface area contributed by atoms with Crippen molar-refractivity contribution >= 4 is 11.0 Å². The number of hydrogen-bond donors (Lipinski definition) is 1. The molecule has 0 fully saturated rings. The van der Waals surface area contributed by atoms with Gasteiger partial charge in [-0.2, -0.15) is 0 Å². The van der Waals surface area contributed by atoms with Gasteiger partial charge in [0.1, 0.15) is 11.6 Å². The number of rotatable bonds is 2. The normalized spacial score (nSPS) is 12.8. The molecule has 0 amide bonds. The van der Waals surface area contributed by atoms with Crippen LogP contribution >= 0.6 is 0 Å². The first kappa shape index (κ1) is 11.9. The average molecular weight is 255 g/mol. The number of nitrogens with two attached hydrogens (primary N) is 1. The summed E-state index contributed by atoms with van der Waals surface area (Å²) < 4.78 is 15.4. The Kier molecular flexibility index (Phi) is 2.80. The van der Waals surface area contributed by atoms with Crippen LogP contribution in [0.1, 0.15) is 18.8 Å². The Morgan fingerprint density at radius 3 is 2.58 bits per heavy atom. The van der Waals surface area contributed by atoms with Crippen molar-refractivity contribution in [1.29, 1.82) is 0 Å². The zero-order chi connectivity index (χ0) is 13.4. The zero-order valence-electron chi connectivity index (χ0n) is 10.5. The van der Waals surface area contributed by atoms with Crippen LogP contribution in [0, 0.1) is 5.82 Å². The van der Waals surface area contributed by atoms with E-state index in [1.807, 2.05) is 41.8 Å². The van der Waals surface area contributed by atoms with Crippen molar-refractivity contribution in [2.75, 3.05) is 0 Å². The number of fused-ring (bicyclic) bond motifs is 1. The third-order valence-corrected chi connectivity index (χ3v) is 3.06. The number of imidazole rings is 1. The molecule has 19 heavy (non-hydrogen) atoms. The fourth-order valence-corrected chi connectivity index (χ4v) is 2.22. The molecule has 2 N–H and O–H groups in total. The quantitative estimate of drug-likeness (QED) is 0.764. The molecule has 1 atom stereocenters. The molecule has 96 valence electrons. The highest BCUT2D eigenvalue weighted by atomic mass is 19.1. The van der Waals surface area contributed by atoms with Crippen molar-refractivity contribution in [3.8, 4) is 5.69 Å². The number of halogens is 1. The smallest absolute Gasteiger partial charge is 0.131 e. The van der Waals surface area contributed by atoms with Crippen LogP contribution in [0.3, 0.4) is 0 Å². The summed E-state index contributed by atoms with van der Waals surface area (Å²) in [5.41, 5.74) is 8.39. The molecule has 0 spiro atoms. The van der Waals surface area contributed by atoms with Gasteiger partial charge in [0.2, 0.25) is 0 Å². The minimum absolute atomic E-state index is 0.226. The second-order valence-electron chi connectivity index (χ2n) is 4.56. The van der Waals surface area contributed by atoms with Crippen LogP contribution in [0.4, 0.5) is 4.39 Å². The molecule has 0 aliphatic rings. The van der Waals surface area contributed by atoms with Crippen molar-refractivity contribution in [3.05, 3.63) is 60.2 Å². The predicted molar refractivity (Wildman–Crippen MR) is 73.6 cm³/mol. The minimum Gasteiger partial charge on any atom is -0.322 e. The summed E-state index contributed by atoms with van der Waals surface area (Å²) in [6, 6.07) is 14.1. The fourth-order valence-electron chi connectivity index (χ4n) is 2.22. The molecule has 1 heterocycles. The second-order valence-corrected chi connectivity index (χ2v) is 4.56. The van der Waals surface area contributed by atoms with Gasteiger partial charge in [0, 0.05) is 11.8 Å². The molecule has 2 aromatic carbocycles. The molecule has 0 saturated heterocycles. The van der Waals surface area contributed by atoms with Gasteiger partial charge in [0.25, 0.3) is 0 Å². The van der Waals surface area contributed by atoms with Crippen molar-refractivity contribution in [2.45, 2.75) is 13.0 Å². The maximum Gasteiger partial charge on any atom is 0.131 e. The van der Waals surface area contributed by atoms with Crippen molar-refractivity contribution < 1.29 is 4.39 Å². The van der Waals surface area contributed by atoms with Gasteiger partial charge in [0.15, 0.2) is 0 Å². The lowest BCUT2D eigenvalue weighted by Gasteiger charge is -2.11. The molecule has 3 rings (SSSR count). The Morgan fingerprint density at radius 2 is 1.89 bits per heavy atom. The summed E-state index contributed by atoms with van der Waals surface area (Å²) in [4.78, 5) is 4.50. The molecule has 0 aliphatic heterocycles. The molecule has 0 radical (unpaired) electrons. The fraction of sp³-hybridized carbons (Fsp3) is 0.133. The molecular weight excluding hydrogens is 241 g/mol. The van der Waals surface area contributed by atoms with Crippen LogP contribution in [0.15, 0.2) is 48.5 Å². The van der Waals surface area contributed by atoms with E-state index < -0.39 is 0 Å². The summed E-state index contributed by atoms with van der Waals surface area (Å²) in [6.45, 7) is 1.87. The van der Waals surface area contributed by atoms with E-state index in [-0.39, 0.29) is 11.9 Å². The summed E-state index contributed by atoms with van der Waals surface area (Å²) in [7, 11) is 0. The predicted octanol–water partition coefficient (Wildman–Crippen LogP) is 3.18. The standard InChI is InChI=1S/C15H14FN3/c1-10(17)15-18-13-8-7-11(16)9-14(13)19(15)12-5-3-2-4-6-12/h2-10H,17H2,1H3/t10-/m1/s1. The Balaban J connectivity index is 2.36. The number of nitrogens with zero attached hydrogens (tertiary/aromatic N) is 2. The summed E-state index contributed by atoms with van der Waals surface area (Å²) in [5, 5.41) is 0. The van der Waals surface area contributed by atoms with E-state index in [1.54, 1.807) is 6.07 Å². The van der Waals surface area contributed by atoms with Gasteiger partial charge < -0.3 is 5.73 Å². The van der Waals surface area contributed by atoms with E-state index >= 15 is 0 Å².